The zero-order valence-electron chi connectivity index (χ0n) is 12.3. The second kappa shape index (κ2) is 4.50. The summed E-state index contributed by atoms with van der Waals surface area (Å²) in [4.78, 5) is 0. The fraction of sp³-hybridized carbons (Fsp3) is 0.625. The summed E-state index contributed by atoms with van der Waals surface area (Å²) < 4.78 is 11.1. The van der Waals surface area contributed by atoms with Crippen LogP contribution in [-0.2, 0) is 10.2 Å². The van der Waals surface area contributed by atoms with Crippen LogP contribution in [0.15, 0.2) is 6.07 Å². The maximum Gasteiger partial charge on any atom is 0.124 e. The van der Waals surface area contributed by atoms with Gasteiger partial charge in [-0.15, -0.1) is 0 Å². The fourth-order valence-electron chi connectivity index (χ4n) is 3.50. The van der Waals surface area contributed by atoms with Crippen LogP contribution in [0.3, 0.4) is 0 Å². The first-order valence-corrected chi connectivity index (χ1v) is 7.04. The third-order valence-corrected chi connectivity index (χ3v) is 5.05. The summed E-state index contributed by atoms with van der Waals surface area (Å²) in [5.74, 6) is 1.75. The standard InChI is InChI=1S/C16H23NO2/c1-10-5-14(11(2)12(3)15(10)18-4)16(8-19-9-16)13-6-17-7-13/h5,13,17H,6-9H2,1-4H3. The minimum Gasteiger partial charge on any atom is -0.496 e. The van der Waals surface area contributed by atoms with E-state index >= 15 is 0 Å². The van der Waals surface area contributed by atoms with Gasteiger partial charge in [-0.3, -0.25) is 0 Å². The Morgan fingerprint density at radius 3 is 2.32 bits per heavy atom. The zero-order chi connectivity index (χ0) is 13.6. The number of benzene rings is 1. The molecule has 2 fully saturated rings. The zero-order valence-corrected chi connectivity index (χ0v) is 12.3. The number of hydrogen-bond acceptors (Lipinski definition) is 3. The van der Waals surface area contributed by atoms with Crippen LogP contribution in [0.2, 0.25) is 0 Å². The minimum atomic E-state index is 0.233. The van der Waals surface area contributed by atoms with Gasteiger partial charge in [0.05, 0.1) is 20.3 Å². The number of rotatable bonds is 3. The second-order valence-corrected chi connectivity index (χ2v) is 6.03. The van der Waals surface area contributed by atoms with E-state index in [1.54, 1.807) is 7.11 Å². The Morgan fingerprint density at radius 2 is 1.89 bits per heavy atom. The number of aryl methyl sites for hydroxylation is 1. The Hall–Kier alpha value is -1.06. The maximum absolute atomic E-state index is 5.58. The van der Waals surface area contributed by atoms with E-state index < -0.39 is 0 Å². The lowest BCUT2D eigenvalue weighted by atomic mass is 9.64. The van der Waals surface area contributed by atoms with Crippen LogP contribution in [0.25, 0.3) is 0 Å². The van der Waals surface area contributed by atoms with Crippen molar-refractivity contribution in [2.75, 3.05) is 33.4 Å². The third kappa shape index (κ3) is 1.72. The van der Waals surface area contributed by atoms with Gasteiger partial charge in [0, 0.05) is 18.5 Å². The van der Waals surface area contributed by atoms with E-state index in [4.69, 9.17) is 9.47 Å². The molecule has 0 aromatic heterocycles. The monoisotopic (exact) mass is 261 g/mol. The molecule has 0 radical (unpaired) electrons. The van der Waals surface area contributed by atoms with E-state index in [0.717, 1.165) is 32.1 Å². The lowest BCUT2D eigenvalue weighted by Gasteiger charge is -2.52. The lowest BCUT2D eigenvalue weighted by molar-refractivity contribution is -0.101. The van der Waals surface area contributed by atoms with Crippen LogP contribution in [0.4, 0.5) is 0 Å². The molecule has 3 rings (SSSR count). The summed E-state index contributed by atoms with van der Waals surface area (Å²) in [5, 5.41) is 3.40. The van der Waals surface area contributed by atoms with Crippen molar-refractivity contribution in [2.24, 2.45) is 5.92 Å². The summed E-state index contributed by atoms with van der Waals surface area (Å²) in [7, 11) is 1.76. The number of ether oxygens (including phenoxy) is 2. The van der Waals surface area contributed by atoms with Crippen molar-refractivity contribution < 1.29 is 9.47 Å². The van der Waals surface area contributed by atoms with Crippen molar-refractivity contribution in [2.45, 2.75) is 26.2 Å². The Balaban J connectivity index is 2.09. The van der Waals surface area contributed by atoms with E-state index in [-0.39, 0.29) is 5.41 Å². The van der Waals surface area contributed by atoms with Gasteiger partial charge in [0.1, 0.15) is 5.75 Å². The van der Waals surface area contributed by atoms with Gasteiger partial charge in [0.15, 0.2) is 0 Å². The van der Waals surface area contributed by atoms with Crippen LogP contribution in [0, 0.1) is 26.7 Å². The Morgan fingerprint density at radius 1 is 1.21 bits per heavy atom. The van der Waals surface area contributed by atoms with Gasteiger partial charge in [-0.25, -0.2) is 0 Å². The highest BCUT2D eigenvalue weighted by molar-refractivity contribution is 5.52. The van der Waals surface area contributed by atoms with Crippen LogP contribution in [0.5, 0.6) is 5.75 Å². The van der Waals surface area contributed by atoms with E-state index in [1.807, 2.05) is 0 Å². The smallest absolute Gasteiger partial charge is 0.124 e. The highest BCUT2D eigenvalue weighted by atomic mass is 16.5. The van der Waals surface area contributed by atoms with Crippen LogP contribution >= 0.6 is 0 Å². The molecule has 3 heteroatoms. The number of hydrogen-bond donors (Lipinski definition) is 1. The molecule has 2 heterocycles. The molecule has 2 saturated heterocycles. The van der Waals surface area contributed by atoms with Gasteiger partial charge >= 0.3 is 0 Å². The molecule has 0 aliphatic carbocycles. The van der Waals surface area contributed by atoms with Crippen molar-refractivity contribution in [3.63, 3.8) is 0 Å². The first kappa shape index (κ1) is 12.9. The molecular formula is C16H23NO2. The molecule has 0 saturated carbocycles. The maximum atomic E-state index is 5.58. The summed E-state index contributed by atoms with van der Waals surface area (Å²) in [6, 6.07) is 2.32. The largest absolute Gasteiger partial charge is 0.496 e. The quantitative estimate of drug-likeness (QED) is 0.904. The van der Waals surface area contributed by atoms with Crippen molar-refractivity contribution in [1.82, 2.24) is 5.32 Å². The number of methoxy groups -OCH3 is 1. The summed E-state index contributed by atoms with van der Waals surface area (Å²) in [6.45, 7) is 10.5. The van der Waals surface area contributed by atoms with Crippen LogP contribution in [-0.4, -0.2) is 33.4 Å². The molecule has 0 amide bonds. The predicted octanol–water partition coefficient (Wildman–Crippen LogP) is 2.11. The first-order valence-electron chi connectivity index (χ1n) is 7.04. The molecule has 19 heavy (non-hydrogen) atoms. The molecule has 2 aliphatic heterocycles. The average Bonchev–Trinajstić information content (AvgIpc) is 2.27. The van der Waals surface area contributed by atoms with Gasteiger partial charge in [0.2, 0.25) is 0 Å². The van der Waals surface area contributed by atoms with Gasteiger partial charge < -0.3 is 14.8 Å². The lowest BCUT2D eigenvalue weighted by Crippen LogP contribution is -2.63. The molecule has 0 bridgehead atoms. The van der Waals surface area contributed by atoms with Crippen molar-refractivity contribution in [3.05, 3.63) is 28.3 Å². The predicted molar refractivity (Wildman–Crippen MR) is 76.1 cm³/mol. The Bertz CT molecular complexity index is 502. The van der Waals surface area contributed by atoms with Crippen molar-refractivity contribution in [3.8, 4) is 5.75 Å². The fourth-order valence-corrected chi connectivity index (χ4v) is 3.50. The molecule has 2 aliphatic rings. The molecule has 1 N–H and O–H groups in total. The van der Waals surface area contributed by atoms with Crippen molar-refractivity contribution in [1.29, 1.82) is 0 Å². The minimum absolute atomic E-state index is 0.233. The van der Waals surface area contributed by atoms with Gasteiger partial charge in [-0.1, -0.05) is 6.07 Å². The normalized spacial score (nSPS) is 21.7. The SMILES string of the molecule is COc1c(C)cc(C2(C3CNC3)COC2)c(C)c1C. The number of nitrogens with one attached hydrogen (secondary N) is 1. The van der Waals surface area contributed by atoms with E-state index in [9.17, 15) is 0 Å². The first-order chi connectivity index (χ1) is 9.10. The summed E-state index contributed by atoms with van der Waals surface area (Å²) in [5.41, 5.74) is 5.59. The molecule has 0 atom stereocenters. The van der Waals surface area contributed by atoms with Crippen molar-refractivity contribution >= 4 is 0 Å². The van der Waals surface area contributed by atoms with Crippen LogP contribution < -0.4 is 10.1 Å². The highest BCUT2D eigenvalue weighted by Crippen LogP contribution is 2.45. The molecule has 3 nitrogen and oxygen atoms in total. The molecule has 104 valence electrons. The van der Waals surface area contributed by atoms with E-state index in [0.29, 0.717) is 5.92 Å². The molecule has 0 unspecified atom stereocenters. The topological polar surface area (TPSA) is 30.5 Å². The van der Waals surface area contributed by atoms with Gasteiger partial charge in [0.25, 0.3) is 0 Å². The summed E-state index contributed by atoms with van der Waals surface area (Å²) >= 11 is 0. The molecular weight excluding hydrogens is 238 g/mol. The van der Waals surface area contributed by atoms with Crippen LogP contribution in [0.1, 0.15) is 22.3 Å². The van der Waals surface area contributed by atoms with Gasteiger partial charge in [-0.2, -0.15) is 0 Å². The average molecular weight is 261 g/mol. The van der Waals surface area contributed by atoms with E-state index in [2.05, 4.69) is 32.2 Å². The summed E-state index contributed by atoms with van der Waals surface area (Å²) in [6.07, 6.45) is 0. The van der Waals surface area contributed by atoms with E-state index in [1.165, 1.54) is 22.3 Å². The second-order valence-electron chi connectivity index (χ2n) is 6.03. The Labute approximate surface area is 115 Å². The third-order valence-electron chi connectivity index (χ3n) is 5.05. The Kier molecular flexibility index (Phi) is 3.06. The molecule has 1 aromatic carbocycles. The van der Waals surface area contributed by atoms with Gasteiger partial charge in [-0.05, 0) is 48.9 Å². The molecule has 1 aromatic rings. The molecule has 0 spiro atoms. The highest BCUT2D eigenvalue weighted by Gasteiger charge is 2.50.